The summed E-state index contributed by atoms with van der Waals surface area (Å²) < 4.78 is 4.10. The van der Waals surface area contributed by atoms with Crippen molar-refractivity contribution < 1.29 is 4.92 Å². The van der Waals surface area contributed by atoms with Gasteiger partial charge in [0, 0.05) is 53.1 Å². The van der Waals surface area contributed by atoms with Gasteiger partial charge in [-0.2, -0.15) is 5.10 Å². The van der Waals surface area contributed by atoms with Crippen molar-refractivity contribution in [3.63, 3.8) is 0 Å². The van der Waals surface area contributed by atoms with E-state index < -0.39 is 0 Å². The van der Waals surface area contributed by atoms with Crippen molar-refractivity contribution in [3.8, 4) is 11.1 Å². The number of rotatable bonds is 2. The summed E-state index contributed by atoms with van der Waals surface area (Å²) in [5, 5.41) is 17.9. The molecule has 3 heterocycles. The fourth-order valence-electron chi connectivity index (χ4n) is 3.57. The summed E-state index contributed by atoms with van der Waals surface area (Å²) in [6.07, 6.45) is 1.98. The standard InChI is InChI=1S/C19H18N4O2/c1-11-18-12(2)21(4)13(3)19(18)17-9-15(10-22(17)20-11)14-5-7-16(8-6-14)23(24)25/h5-10H,1-4H3. The molecule has 0 radical (unpaired) electrons. The first-order valence-electron chi connectivity index (χ1n) is 8.08. The molecule has 0 atom stereocenters. The van der Waals surface area contributed by atoms with Gasteiger partial charge in [0.15, 0.2) is 0 Å². The molecule has 1 aromatic carbocycles. The molecular weight excluding hydrogens is 316 g/mol. The fourth-order valence-corrected chi connectivity index (χ4v) is 3.57. The van der Waals surface area contributed by atoms with Crippen LogP contribution in [0.5, 0.6) is 0 Å². The molecule has 4 aromatic rings. The van der Waals surface area contributed by atoms with Gasteiger partial charge in [-0.05, 0) is 44.5 Å². The van der Waals surface area contributed by atoms with Crippen molar-refractivity contribution in [1.82, 2.24) is 14.2 Å². The molecule has 0 fully saturated rings. The highest BCUT2D eigenvalue weighted by molar-refractivity contribution is 6.02. The predicted octanol–water partition coefficient (Wildman–Crippen LogP) is 4.33. The van der Waals surface area contributed by atoms with Gasteiger partial charge in [-0.15, -0.1) is 0 Å². The largest absolute Gasteiger partial charge is 0.351 e. The number of aromatic nitrogens is 3. The molecule has 3 aromatic heterocycles. The molecule has 0 saturated carbocycles. The van der Waals surface area contributed by atoms with Gasteiger partial charge >= 0.3 is 0 Å². The molecule has 25 heavy (non-hydrogen) atoms. The molecule has 0 aliphatic heterocycles. The number of hydrogen-bond acceptors (Lipinski definition) is 3. The minimum absolute atomic E-state index is 0.0957. The van der Waals surface area contributed by atoms with Crippen LogP contribution in [0.15, 0.2) is 36.5 Å². The second-order valence-electron chi connectivity index (χ2n) is 6.43. The van der Waals surface area contributed by atoms with E-state index in [0.29, 0.717) is 0 Å². The summed E-state index contributed by atoms with van der Waals surface area (Å²) in [6.45, 7) is 6.26. The van der Waals surface area contributed by atoms with Crippen molar-refractivity contribution in [2.75, 3.05) is 0 Å². The second-order valence-corrected chi connectivity index (χ2v) is 6.43. The van der Waals surface area contributed by atoms with E-state index in [1.807, 2.05) is 17.6 Å². The van der Waals surface area contributed by atoms with Crippen LogP contribution in [0.3, 0.4) is 0 Å². The lowest BCUT2D eigenvalue weighted by Crippen LogP contribution is -1.94. The quantitative estimate of drug-likeness (QED) is 0.405. The summed E-state index contributed by atoms with van der Waals surface area (Å²) >= 11 is 0. The molecule has 0 aliphatic carbocycles. The average Bonchev–Trinajstić information content (AvgIpc) is 3.10. The molecular formula is C19H18N4O2. The molecule has 0 bridgehead atoms. The van der Waals surface area contributed by atoms with Crippen LogP contribution in [0.1, 0.15) is 17.1 Å². The molecule has 0 N–H and O–H groups in total. The third-order valence-electron chi connectivity index (χ3n) is 5.07. The lowest BCUT2D eigenvalue weighted by Gasteiger charge is -2.01. The first-order valence-corrected chi connectivity index (χ1v) is 8.08. The van der Waals surface area contributed by atoms with Gasteiger partial charge in [-0.25, -0.2) is 4.52 Å². The first-order chi connectivity index (χ1) is 11.9. The Hall–Kier alpha value is -3.15. The minimum Gasteiger partial charge on any atom is -0.351 e. The lowest BCUT2D eigenvalue weighted by atomic mass is 10.1. The number of benzene rings is 1. The van der Waals surface area contributed by atoms with Crippen LogP contribution in [0, 0.1) is 30.9 Å². The van der Waals surface area contributed by atoms with Crippen molar-refractivity contribution in [1.29, 1.82) is 0 Å². The molecule has 6 nitrogen and oxygen atoms in total. The van der Waals surface area contributed by atoms with E-state index in [2.05, 4.69) is 31.5 Å². The van der Waals surface area contributed by atoms with Crippen molar-refractivity contribution in [2.24, 2.45) is 7.05 Å². The Bertz CT molecular complexity index is 1150. The Balaban J connectivity index is 1.98. The van der Waals surface area contributed by atoms with E-state index in [0.717, 1.165) is 22.3 Å². The van der Waals surface area contributed by atoms with E-state index in [9.17, 15) is 10.1 Å². The Kier molecular flexibility index (Phi) is 3.18. The molecule has 6 heteroatoms. The maximum Gasteiger partial charge on any atom is 0.269 e. The summed E-state index contributed by atoms with van der Waals surface area (Å²) in [4.78, 5) is 10.5. The van der Waals surface area contributed by atoms with Gasteiger partial charge in [0.25, 0.3) is 5.69 Å². The highest BCUT2D eigenvalue weighted by atomic mass is 16.6. The monoisotopic (exact) mass is 334 g/mol. The SMILES string of the molecule is Cc1nn2cc(-c3ccc([N+](=O)[O-])cc3)cc2c2c(C)n(C)c(C)c12. The Morgan fingerprint density at radius 3 is 2.28 bits per heavy atom. The smallest absolute Gasteiger partial charge is 0.269 e. The van der Waals surface area contributed by atoms with Crippen molar-refractivity contribution >= 4 is 22.0 Å². The van der Waals surface area contributed by atoms with Crippen LogP contribution in [0.25, 0.3) is 27.4 Å². The van der Waals surface area contributed by atoms with E-state index in [1.54, 1.807) is 12.1 Å². The van der Waals surface area contributed by atoms with Gasteiger partial charge in [0.2, 0.25) is 0 Å². The predicted molar refractivity (Wildman–Crippen MR) is 98.0 cm³/mol. The van der Waals surface area contributed by atoms with Crippen molar-refractivity contribution in [3.05, 3.63) is 63.7 Å². The van der Waals surface area contributed by atoms with E-state index in [-0.39, 0.29) is 10.6 Å². The molecule has 0 amide bonds. The topological polar surface area (TPSA) is 65.4 Å². The molecule has 4 rings (SSSR count). The zero-order valence-electron chi connectivity index (χ0n) is 14.6. The maximum atomic E-state index is 10.8. The molecule has 126 valence electrons. The maximum absolute atomic E-state index is 10.8. The highest BCUT2D eigenvalue weighted by Gasteiger charge is 2.17. The van der Waals surface area contributed by atoms with Gasteiger partial charge in [-0.3, -0.25) is 10.1 Å². The number of hydrogen-bond donors (Lipinski definition) is 0. The minimum atomic E-state index is -0.384. The number of nitrogens with zero attached hydrogens (tertiary/aromatic N) is 4. The van der Waals surface area contributed by atoms with Gasteiger partial charge in [0.05, 0.1) is 16.1 Å². The Morgan fingerprint density at radius 1 is 1.00 bits per heavy atom. The third-order valence-corrected chi connectivity index (χ3v) is 5.07. The van der Waals surface area contributed by atoms with Gasteiger partial charge in [-0.1, -0.05) is 0 Å². The first kappa shape index (κ1) is 15.4. The molecule has 0 saturated heterocycles. The second kappa shape index (κ2) is 5.17. The number of non-ortho nitro benzene ring substituents is 1. The summed E-state index contributed by atoms with van der Waals surface area (Å²) in [6, 6.07) is 8.72. The number of aryl methyl sites for hydroxylation is 3. The number of fused-ring (bicyclic) bond motifs is 3. The Morgan fingerprint density at radius 2 is 1.64 bits per heavy atom. The Labute approximate surface area is 144 Å². The van der Waals surface area contributed by atoms with Crippen LogP contribution < -0.4 is 0 Å². The zero-order valence-corrected chi connectivity index (χ0v) is 14.6. The summed E-state index contributed by atoms with van der Waals surface area (Å²) in [5.41, 5.74) is 6.49. The summed E-state index contributed by atoms with van der Waals surface area (Å²) in [5.74, 6) is 0. The summed E-state index contributed by atoms with van der Waals surface area (Å²) in [7, 11) is 2.07. The molecule has 0 aliphatic rings. The van der Waals surface area contributed by atoms with E-state index in [1.165, 1.54) is 34.3 Å². The normalized spacial score (nSPS) is 11.5. The lowest BCUT2D eigenvalue weighted by molar-refractivity contribution is -0.384. The molecule has 0 unspecified atom stereocenters. The van der Waals surface area contributed by atoms with Gasteiger partial charge in [0.1, 0.15) is 0 Å². The van der Waals surface area contributed by atoms with Crippen LogP contribution >= 0.6 is 0 Å². The van der Waals surface area contributed by atoms with E-state index >= 15 is 0 Å². The van der Waals surface area contributed by atoms with Gasteiger partial charge < -0.3 is 4.57 Å². The van der Waals surface area contributed by atoms with Crippen LogP contribution in [-0.2, 0) is 7.05 Å². The third kappa shape index (κ3) is 2.14. The average molecular weight is 334 g/mol. The highest BCUT2D eigenvalue weighted by Crippen LogP contribution is 2.33. The van der Waals surface area contributed by atoms with Crippen molar-refractivity contribution in [2.45, 2.75) is 20.8 Å². The van der Waals surface area contributed by atoms with Crippen LogP contribution in [-0.4, -0.2) is 19.1 Å². The van der Waals surface area contributed by atoms with Crippen LogP contribution in [0.4, 0.5) is 5.69 Å². The zero-order chi connectivity index (χ0) is 17.9. The van der Waals surface area contributed by atoms with Crippen LogP contribution in [0.2, 0.25) is 0 Å². The fraction of sp³-hybridized carbons (Fsp3) is 0.211. The van der Waals surface area contributed by atoms with E-state index in [4.69, 9.17) is 5.10 Å². The number of nitro groups is 1. The molecule has 0 spiro atoms. The number of nitro benzene ring substituents is 1.